The second-order valence-corrected chi connectivity index (χ2v) is 6.43. The maximum Gasteiger partial charge on any atom is 0.0447 e. The third-order valence-electron chi connectivity index (χ3n) is 4.36. The topological polar surface area (TPSA) is 3.24 Å². The zero-order valence-corrected chi connectivity index (χ0v) is 14.3. The van der Waals surface area contributed by atoms with Crippen LogP contribution in [0.3, 0.4) is 0 Å². The average molecular weight is 293 g/mol. The lowest BCUT2D eigenvalue weighted by Crippen LogP contribution is -2.22. The molecule has 0 aromatic heterocycles. The summed E-state index contributed by atoms with van der Waals surface area (Å²) in [6.45, 7) is 10.5. The molecule has 1 heterocycles. The number of hydrogen-bond acceptors (Lipinski definition) is 1. The van der Waals surface area contributed by atoms with Crippen molar-refractivity contribution in [1.29, 1.82) is 0 Å². The Kier molecular flexibility index (Phi) is 5.07. The van der Waals surface area contributed by atoms with Crippen molar-refractivity contribution in [2.45, 2.75) is 39.0 Å². The van der Waals surface area contributed by atoms with Crippen molar-refractivity contribution in [3.63, 3.8) is 0 Å². The first-order valence-corrected chi connectivity index (χ1v) is 7.98. The van der Waals surface area contributed by atoms with Crippen molar-refractivity contribution in [3.05, 3.63) is 78.1 Å². The Morgan fingerprint density at radius 2 is 1.95 bits per heavy atom. The number of hydrogen-bond donors (Lipinski definition) is 0. The van der Waals surface area contributed by atoms with Crippen LogP contribution >= 0.6 is 0 Å². The second kappa shape index (κ2) is 6.83. The summed E-state index contributed by atoms with van der Waals surface area (Å²) in [5, 5.41) is 0. The summed E-state index contributed by atoms with van der Waals surface area (Å²) in [6, 6.07) is 8.67. The maximum absolute atomic E-state index is 3.75. The van der Waals surface area contributed by atoms with Crippen LogP contribution in [-0.4, -0.2) is 7.05 Å². The quantitative estimate of drug-likeness (QED) is 0.378. The first-order valence-electron chi connectivity index (χ1n) is 7.98. The van der Waals surface area contributed by atoms with Crippen LogP contribution in [-0.2, 0) is 5.41 Å². The molecule has 0 N–H and O–H groups in total. The minimum absolute atomic E-state index is 0.0503. The molecule has 0 saturated carbocycles. The van der Waals surface area contributed by atoms with Crippen LogP contribution in [0.5, 0.6) is 0 Å². The third-order valence-corrected chi connectivity index (χ3v) is 4.36. The molecule has 0 radical (unpaired) electrons. The van der Waals surface area contributed by atoms with E-state index in [-0.39, 0.29) is 5.41 Å². The van der Waals surface area contributed by atoms with E-state index < -0.39 is 0 Å². The Morgan fingerprint density at radius 3 is 2.64 bits per heavy atom. The van der Waals surface area contributed by atoms with Crippen molar-refractivity contribution >= 4 is 5.69 Å². The van der Waals surface area contributed by atoms with Crippen LogP contribution in [0.1, 0.15) is 39.2 Å². The second-order valence-electron chi connectivity index (χ2n) is 6.43. The average Bonchev–Trinajstić information content (AvgIpc) is 2.69. The van der Waals surface area contributed by atoms with Crippen molar-refractivity contribution in [2.75, 3.05) is 11.9 Å². The van der Waals surface area contributed by atoms with E-state index in [1.54, 1.807) is 0 Å². The molecular formula is C21H27N. The number of likely N-dealkylation sites (N-methyl/N-ethyl adjacent to an activating group) is 1. The highest BCUT2D eigenvalue weighted by Crippen LogP contribution is 2.46. The van der Waals surface area contributed by atoms with Crippen molar-refractivity contribution in [3.8, 4) is 0 Å². The number of fused-ring (bicyclic) bond motifs is 1. The fraction of sp³-hybridized carbons (Fsp3) is 0.333. The molecule has 0 fully saturated rings. The summed E-state index contributed by atoms with van der Waals surface area (Å²) in [4.78, 5) is 2.31. The highest BCUT2D eigenvalue weighted by molar-refractivity contribution is 5.70. The van der Waals surface area contributed by atoms with E-state index in [4.69, 9.17) is 0 Å². The predicted molar refractivity (Wildman–Crippen MR) is 98.3 cm³/mol. The standard InChI is InChI=1S/C21H27N/c1-6-7-8-9-12-17(2)15-16-20-21(3,4)18-13-10-11-14-19(18)22(20)5/h6,9-16H,1,7-8H2,2-5H3/b12-9-,17-15+,20-16+. The van der Waals surface area contributed by atoms with Gasteiger partial charge in [-0.15, -0.1) is 6.58 Å². The fourth-order valence-electron chi connectivity index (χ4n) is 3.05. The molecule has 0 atom stereocenters. The molecule has 1 heteroatoms. The van der Waals surface area contributed by atoms with Crippen molar-refractivity contribution in [2.24, 2.45) is 0 Å². The summed E-state index contributed by atoms with van der Waals surface area (Å²) in [7, 11) is 2.16. The van der Waals surface area contributed by atoms with Gasteiger partial charge in [-0.05, 0) is 37.5 Å². The Hall–Kier alpha value is -2.02. The minimum atomic E-state index is 0.0503. The van der Waals surface area contributed by atoms with Gasteiger partial charge in [-0.3, -0.25) is 0 Å². The SMILES string of the molecule is C=CCC\C=C/C(C)=C/C=C1/N(C)c2ccccc2C1(C)C. The van der Waals surface area contributed by atoms with Gasteiger partial charge < -0.3 is 4.90 Å². The molecule has 0 amide bonds. The molecule has 1 aliphatic rings. The summed E-state index contributed by atoms with van der Waals surface area (Å²) in [5.74, 6) is 0. The zero-order valence-electron chi connectivity index (χ0n) is 14.3. The molecule has 0 aliphatic carbocycles. The molecule has 1 aliphatic heterocycles. The molecule has 1 aromatic rings. The van der Waals surface area contributed by atoms with Gasteiger partial charge in [0.25, 0.3) is 0 Å². The number of para-hydroxylation sites is 1. The van der Waals surface area contributed by atoms with Crippen LogP contribution in [0.4, 0.5) is 5.69 Å². The Morgan fingerprint density at radius 1 is 1.23 bits per heavy atom. The summed E-state index contributed by atoms with van der Waals surface area (Å²) >= 11 is 0. The molecule has 0 bridgehead atoms. The van der Waals surface area contributed by atoms with Gasteiger partial charge in [0.15, 0.2) is 0 Å². The van der Waals surface area contributed by atoms with Crippen molar-refractivity contribution in [1.82, 2.24) is 0 Å². The molecule has 0 unspecified atom stereocenters. The lowest BCUT2D eigenvalue weighted by atomic mass is 9.83. The fourth-order valence-corrected chi connectivity index (χ4v) is 3.05. The molecule has 2 rings (SSSR count). The number of unbranched alkanes of at least 4 members (excludes halogenated alkanes) is 1. The molecular weight excluding hydrogens is 266 g/mol. The first kappa shape index (κ1) is 16.4. The van der Waals surface area contributed by atoms with E-state index in [9.17, 15) is 0 Å². The van der Waals surface area contributed by atoms with Crippen LogP contribution in [0.15, 0.2) is 72.5 Å². The van der Waals surface area contributed by atoms with Gasteiger partial charge in [-0.25, -0.2) is 0 Å². The summed E-state index contributed by atoms with van der Waals surface area (Å²) < 4.78 is 0. The number of benzene rings is 1. The van der Waals surface area contributed by atoms with Gasteiger partial charge in [0.1, 0.15) is 0 Å². The van der Waals surface area contributed by atoms with Crippen LogP contribution in [0.2, 0.25) is 0 Å². The van der Waals surface area contributed by atoms with E-state index in [1.807, 2.05) is 6.08 Å². The van der Waals surface area contributed by atoms with Gasteiger partial charge >= 0.3 is 0 Å². The van der Waals surface area contributed by atoms with E-state index >= 15 is 0 Å². The monoisotopic (exact) mass is 293 g/mol. The number of anilines is 1. The molecule has 1 nitrogen and oxygen atoms in total. The molecule has 0 spiro atoms. The van der Waals surface area contributed by atoms with Crippen LogP contribution < -0.4 is 4.90 Å². The Labute approximate surface area is 135 Å². The van der Waals surface area contributed by atoms with E-state index in [1.165, 1.54) is 22.5 Å². The smallest absolute Gasteiger partial charge is 0.0447 e. The molecule has 22 heavy (non-hydrogen) atoms. The van der Waals surface area contributed by atoms with E-state index in [2.05, 4.69) is 87.9 Å². The minimum Gasteiger partial charge on any atom is -0.347 e. The number of rotatable bonds is 5. The predicted octanol–water partition coefficient (Wildman–Crippen LogP) is 5.77. The zero-order chi connectivity index (χ0) is 16.2. The molecule has 0 saturated heterocycles. The molecule has 1 aromatic carbocycles. The van der Waals surface area contributed by atoms with Gasteiger partial charge in [-0.1, -0.05) is 61.9 Å². The highest BCUT2D eigenvalue weighted by atomic mass is 15.2. The summed E-state index contributed by atoms with van der Waals surface area (Å²) in [5.41, 5.74) is 5.38. The number of nitrogens with zero attached hydrogens (tertiary/aromatic N) is 1. The van der Waals surface area contributed by atoms with Crippen molar-refractivity contribution < 1.29 is 0 Å². The number of allylic oxidation sites excluding steroid dienone is 7. The van der Waals surface area contributed by atoms with Gasteiger partial charge in [-0.2, -0.15) is 0 Å². The summed E-state index contributed by atoms with van der Waals surface area (Å²) in [6.07, 6.45) is 12.9. The first-order chi connectivity index (χ1) is 10.5. The third kappa shape index (κ3) is 3.24. The Balaban J connectivity index is 2.22. The van der Waals surface area contributed by atoms with E-state index in [0.717, 1.165) is 12.8 Å². The van der Waals surface area contributed by atoms with Gasteiger partial charge in [0.2, 0.25) is 0 Å². The Bertz CT molecular complexity index is 629. The normalized spacial score (nSPS) is 19.0. The lowest BCUT2D eigenvalue weighted by molar-refractivity contribution is 0.640. The largest absolute Gasteiger partial charge is 0.347 e. The van der Waals surface area contributed by atoms with Crippen LogP contribution in [0, 0.1) is 0 Å². The molecule has 116 valence electrons. The van der Waals surface area contributed by atoms with Gasteiger partial charge in [0, 0.05) is 23.8 Å². The maximum atomic E-state index is 3.75. The van der Waals surface area contributed by atoms with E-state index in [0.29, 0.717) is 0 Å². The van der Waals surface area contributed by atoms with Gasteiger partial charge in [0.05, 0.1) is 0 Å². The lowest BCUT2D eigenvalue weighted by Gasteiger charge is -2.23. The van der Waals surface area contributed by atoms with Crippen LogP contribution in [0.25, 0.3) is 0 Å². The highest BCUT2D eigenvalue weighted by Gasteiger charge is 2.37.